The van der Waals surface area contributed by atoms with Crippen molar-refractivity contribution in [2.75, 3.05) is 5.73 Å². The van der Waals surface area contributed by atoms with Gasteiger partial charge in [-0.2, -0.15) is 0 Å². The number of nitrogen functional groups attached to an aromatic ring is 1. The van der Waals surface area contributed by atoms with E-state index in [0.717, 1.165) is 24.3 Å². The lowest BCUT2D eigenvalue weighted by Crippen LogP contribution is -1.99. The van der Waals surface area contributed by atoms with Gasteiger partial charge in [0.05, 0.1) is 22.2 Å². The van der Waals surface area contributed by atoms with E-state index in [-0.39, 0.29) is 17.2 Å². The summed E-state index contributed by atoms with van der Waals surface area (Å²) < 4.78 is 27.0. The van der Waals surface area contributed by atoms with Crippen molar-refractivity contribution in [2.24, 2.45) is 0 Å². The van der Waals surface area contributed by atoms with Crippen LogP contribution in [0.4, 0.5) is 20.3 Å². The van der Waals surface area contributed by atoms with E-state index in [4.69, 9.17) is 5.73 Å². The van der Waals surface area contributed by atoms with Crippen LogP contribution in [0, 0.1) is 21.7 Å². The first-order valence-corrected chi connectivity index (χ1v) is 4.85. The highest BCUT2D eigenvalue weighted by molar-refractivity contribution is 5.65. The number of nitro groups is 1. The van der Waals surface area contributed by atoms with E-state index in [0.29, 0.717) is 0 Å². The van der Waals surface area contributed by atoms with E-state index < -0.39 is 22.1 Å². The third-order valence-electron chi connectivity index (χ3n) is 2.26. The highest BCUT2D eigenvalue weighted by Gasteiger charge is 2.17. The van der Waals surface area contributed by atoms with Gasteiger partial charge in [-0.25, -0.2) is 13.8 Å². The van der Waals surface area contributed by atoms with Crippen molar-refractivity contribution in [3.63, 3.8) is 0 Å². The van der Waals surface area contributed by atoms with Crippen molar-refractivity contribution < 1.29 is 13.7 Å². The first kappa shape index (κ1) is 11.9. The molecule has 1 aromatic carbocycles. The normalized spacial score (nSPS) is 10.3. The molecule has 2 aromatic rings. The minimum Gasteiger partial charge on any atom is -0.383 e. The number of hydrogen-bond acceptors (Lipinski definition) is 4. The Morgan fingerprint density at radius 3 is 2.39 bits per heavy atom. The van der Waals surface area contributed by atoms with Gasteiger partial charge >= 0.3 is 0 Å². The Balaban J connectivity index is 2.68. The van der Waals surface area contributed by atoms with Crippen LogP contribution in [0.5, 0.6) is 0 Å². The summed E-state index contributed by atoms with van der Waals surface area (Å²) in [6.07, 6.45) is 0. The third-order valence-corrected chi connectivity index (χ3v) is 2.26. The van der Waals surface area contributed by atoms with Crippen molar-refractivity contribution in [2.45, 2.75) is 0 Å². The molecule has 92 valence electrons. The molecule has 0 bridgehead atoms. The number of halogens is 2. The predicted octanol–water partition coefficient (Wildman–Crippen LogP) is 2.52. The van der Waals surface area contributed by atoms with Crippen LogP contribution in [-0.2, 0) is 0 Å². The highest BCUT2D eigenvalue weighted by atomic mass is 19.1. The lowest BCUT2D eigenvalue weighted by Gasteiger charge is -2.05. The molecule has 2 N–H and O–H groups in total. The Bertz CT molecular complexity index is 611. The minimum absolute atomic E-state index is 0.179. The summed E-state index contributed by atoms with van der Waals surface area (Å²) >= 11 is 0. The molecule has 1 heterocycles. The fraction of sp³-hybridized carbons (Fsp3) is 0. The molecule has 0 saturated heterocycles. The number of nitrogens with zero attached hydrogens (tertiary/aromatic N) is 2. The van der Waals surface area contributed by atoms with Gasteiger partial charge in [-0.05, 0) is 12.1 Å². The van der Waals surface area contributed by atoms with E-state index in [2.05, 4.69) is 4.98 Å². The fourth-order valence-corrected chi connectivity index (χ4v) is 1.51. The largest absolute Gasteiger partial charge is 0.383 e. The second kappa shape index (κ2) is 4.36. The summed E-state index contributed by atoms with van der Waals surface area (Å²) in [7, 11) is 0. The lowest BCUT2D eigenvalue weighted by atomic mass is 10.1. The second-order valence-electron chi connectivity index (χ2n) is 3.49. The standard InChI is InChI=1S/C11H7F2N3O2/c12-7-2-1-3-8(13)11(7)9-4-6(16(17)18)5-10(14)15-9/h1-5H,(H2,14,15). The molecule has 0 aliphatic heterocycles. The first-order valence-electron chi connectivity index (χ1n) is 4.85. The maximum absolute atomic E-state index is 13.5. The molecule has 0 spiro atoms. The van der Waals surface area contributed by atoms with Crippen LogP contribution in [0.25, 0.3) is 11.3 Å². The average Bonchev–Trinajstić information content (AvgIpc) is 2.28. The van der Waals surface area contributed by atoms with Crippen molar-refractivity contribution in [1.82, 2.24) is 4.98 Å². The van der Waals surface area contributed by atoms with Gasteiger partial charge in [-0.15, -0.1) is 0 Å². The van der Waals surface area contributed by atoms with Gasteiger partial charge in [0.2, 0.25) is 0 Å². The first-order chi connectivity index (χ1) is 8.49. The van der Waals surface area contributed by atoms with Gasteiger partial charge in [-0.1, -0.05) is 6.07 Å². The average molecular weight is 251 g/mol. The number of anilines is 1. The van der Waals surface area contributed by atoms with Crippen molar-refractivity contribution in [3.05, 3.63) is 52.1 Å². The third kappa shape index (κ3) is 2.10. The molecular formula is C11H7F2N3O2. The number of pyridine rings is 1. The van der Waals surface area contributed by atoms with Gasteiger partial charge in [-0.3, -0.25) is 10.1 Å². The van der Waals surface area contributed by atoms with Crippen LogP contribution in [0.3, 0.4) is 0 Å². The van der Waals surface area contributed by atoms with E-state index in [1.54, 1.807) is 0 Å². The van der Waals surface area contributed by atoms with Gasteiger partial charge in [0.15, 0.2) is 0 Å². The molecule has 0 atom stereocenters. The second-order valence-corrected chi connectivity index (χ2v) is 3.49. The van der Waals surface area contributed by atoms with Gasteiger partial charge < -0.3 is 5.73 Å². The maximum Gasteiger partial charge on any atom is 0.275 e. The van der Waals surface area contributed by atoms with E-state index in [1.807, 2.05) is 0 Å². The molecule has 0 fully saturated rings. The molecule has 0 saturated carbocycles. The van der Waals surface area contributed by atoms with Crippen LogP contribution >= 0.6 is 0 Å². The Morgan fingerprint density at radius 2 is 1.83 bits per heavy atom. The molecule has 0 unspecified atom stereocenters. The zero-order chi connectivity index (χ0) is 13.3. The van der Waals surface area contributed by atoms with Gasteiger partial charge in [0.1, 0.15) is 17.5 Å². The smallest absolute Gasteiger partial charge is 0.275 e. The maximum atomic E-state index is 13.5. The Kier molecular flexibility index (Phi) is 2.88. The fourth-order valence-electron chi connectivity index (χ4n) is 1.51. The molecule has 0 aliphatic carbocycles. The SMILES string of the molecule is Nc1cc([N+](=O)[O-])cc(-c2c(F)cccc2F)n1. The molecule has 2 rings (SSSR count). The van der Waals surface area contributed by atoms with E-state index in [1.165, 1.54) is 6.07 Å². The van der Waals surface area contributed by atoms with Crippen LogP contribution in [0.1, 0.15) is 0 Å². The quantitative estimate of drug-likeness (QED) is 0.656. The molecule has 0 radical (unpaired) electrons. The number of benzene rings is 1. The summed E-state index contributed by atoms with van der Waals surface area (Å²) in [4.78, 5) is 13.6. The monoisotopic (exact) mass is 251 g/mol. The predicted molar refractivity (Wildman–Crippen MR) is 60.7 cm³/mol. The summed E-state index contributed by atoms with van der Waals surface area (Å²) in [6.45, 7) is 0. The van der Waals surface area contributed by atoms with E-state index in [9.17, 15) is 18.9 Å². The zero-order valence-electron chi connectivity index (χ0n) is 8.93. The number of rotatable bonds is 2. The molecule has 1 aromatic heterocycles. The van der Waals surface area contributed by atoms with Crippen LogP contribution in [0.2, 0.25) is 0 Å². The molecule has 0 amide bonds. The Morgan fingerprint density at radius 1 is 1.22 bits per heavy atom. The van der Waals surface area contributed by atoms with Crippen LogP contribution in [0.15, 0.2) is 30.3 Å². The minimum atomic E-state index is -0.859. The van der Waals surface area contributed by atoms with E-state index >= 15 is 0 Å². The lowest BCUT2D eigenvalue weighted by molar-refractivity contribution is -0.384. The number of nitrogens with two attached hydrogens (primary N) is 1. The highest BCUT2D eigenvalue weighted by Crippen LogP contribution is 2.28. The van der Waals surface area contributed by atoms with Crippen molar-refractivity contribution >= 4 is 11.5 Å². The Hall–Kier alpha value is -2.57. The summed E-state index contributed by atoms with van der Waals surface area (Å²) in [5, 5.41) is 10.6. The number of hydrogen-bond donors (Lipinski definition) is 1. The van der Waals surface area contributed by atoms with Crippen LogP contribution < -0.4 is 5.73 Å². The molecule has 7 heteroatoms. The molecule has 0 aliphatic rings. The van der Waals surface area contributed by atoms with Crippen LogP contribution in [-0.4, -0.2) is 9.91 Å². The summed E-state index contributed by atoms with van der Waals surface area (Å²) in [6, 6.07) is 5.25. The summed E-state index contributed by atoms with van der Waals surface area (Å²) in [5.41, 5.74) is 4.35. The van der Waals surface area contributed by atoms with Gasteiger partial charge in [0.25, 0.3) is 5.69 Å². The topological polar surface area (TPSA) is 82.0 Å². The number of aromatic nitrogens is 1. The van der Waals surface area contributed by atoms with Gasteiger partial charge in [0, 0.05) is 6.07 Å². The van der Waals surface area contributed by atoms with Crippen molar-refractivity contribution in [3.8, 4) is 11.3 Å². The molecular weight excluding hydrogens is 244 g/mol. The molecule has 18 heavy (non-hydrogen) atoms. The summed E-state index contributed by atoms with van der Waals surface area (Å²) in [5.74, 6) is -1.90. The Labute approximate surface area is 100 Å². The molecule has 5 nitrogen and oxygen atoms in total. The van der Waals surface area contributed by atoms with Crippen molar-refractivity contribution in [1.29, 1.82) is 0 Å². The zero-order valence-corrected chi connectivity index (χ0v) is 8.93.